The molecule has 1 unspecified atom stereocenters. The molecule has 0 saturated carbocycles. The van der Waals surface area contributed by atoms with E-state index < -0.39 is 11.1 Å². The van der Waals surface area contributed by atoms with Crippen molar-refractivity contribution in [1.82, 2.24) is 0 Å². The van der Waals surface area contributed by atoms with Crippen LogP contribution >= 0.6 is 11.6 Å². The van der Waals surface area contributed by atoms with Gasteiger partial charge >= 0.3 is 0 Å². The summed E-state index contributed by atoms with van der Waals surface area (Å²) in [5.74, 6) is 0. The number of hydrogen-bond acceptors (Lipinski definition) is 2. The Bertz CT molecular complexity index is 271. The first kappa shape index (κ1) is 9.71. The van der Waals surface area contributed by atoms with Crippen LogP contribution in [0.5, 0.6) is 0 Å². The van der Waals surface area contributed by atoms with Gasteiger partial charge in [0.25, 0.3) is 0 Å². The van der Waals surface area contributed by atoms with Crippen LogP contribution in [-0.4, -0.2) is 10.8 Å². The largest absolute Gasteiger partial charge is 0.287 e. The van der Waals surface area contributed by atoms with Gasteiger partial charge in [0.2, 0.25) is 0 Å². The summed E-state index contributed by atoms with van der Waals surface area (Å²) in [6.07, 6.45) is 0. The number of hydrogen-bond donors (Lipinski definition) is 0. The van der Waals surface area contributed by atoms with Gasteiger partial charge in [0, 0.05) is 5.02 Å². The van der Waals surface area contributed by atoms with Crippen LogP contribution in [0.1, 0.15) is 6.92 Å². The maximum Gasteiger partial charge on any atom is 0.189 e. The van der Waals surface area contributed by atoms with Gasteiger partial charge in [-0.3, -0.25) is 4.18 Å². The lowest BCUT2D eigenvalue weighted by Gasteiger charge is -1.99. The summed E-state index contributed by atoms with van der Waals surface area (Å²) in [5.41, 5.74) is 0. The van der Waals surface area contributed by atoms with Crippen molar-refractivity contribution in [3.05, 3.63) is 29.3 Å². The van der Waals surface area contributed by atoms with Crippen LogP contribution in [0.4, 0.5) is 0 Å². The Morgan fingerprint density at radius 2 is 2.00 bits per heavy atom. The molecule has 0 saturated heterocycles. The standard InChI is InChI=1S/C8H9ClO2S/c1-2-11-12(10)8-5-3-7(9)4-6-8/h3-6H,2H2,1H3. The minimum absolute atomic E-state index is 0.440. The highest BCUT2D eigenvalue weighted by atomic mass is 35.5. The third kappa shape index (κ3) is 2.59. The molecule has 4 heteroatoms. The van der Waals surface area contributed by atoms with Crippen LogP contribution in [0.3, 0.4) is 0 Å². The first-order chi connectivity index (χ1) is 5.74. The Morgan fingerprint density at radius 3 is 2.50 bits per heavy atom. The smallest absolute Gasteiger partial charge is 0.189 e. The molecule has 0 bridgehead atoms. The van der Waals surface area contributed by atoms with E-state index in [1.54, 1.807) is 31.2 Å². The number of rotatable bonds is 3. The maximum absolute atomic E-state index is 11.2. The first-order valence-corrected chi connectivity index (χ1v) is 5.00. The molecule has 0 aromatic heterocycles. The van der Waals surface area contributed by atoms with Crippen LogP contribution in [0.15, 0.2) is 29.2 Å². The second-order valence-electron chi connectivity index (χ2n) is 2.10. The normalized spacial score (nSPS) is 12.8. The molecule has 0 fully saturated rings. The molecule has 1 atom stereocenters. The predicted octanol–water partition coefficient (Wildman–Crippen LogP) is 2.40. The van der Waals surface area contributed by atoms with E-state index in [0.717, 1.165) is 0 Å². The molecule has 0 heterocycles. The van der Waals surface area contributed by atoms with Gasteiger partial charge in [-0.1, -0.05) is 11.6 Å². The molecule has 1 aromatic carbocycles. The van der Waals surface area contributed by atoms with E-state index in [9.17, 15) is 4.21 Å². The Balaban J connectivity index is 2.75. The highest BCUT2D eigenvalue weighted by molar-refractivity contribution is 7.80. The topological polar surface area (TPSA) is 26.3 Å². The Labute approximate surface area is 79.2 Å². The van der Waals surface area contributed by atoms with Crippen molar-refractivity contribution >= 4 is 22.7 Å². The van der Waals surface area contributed by atoms with Crippen LogP contribution in [-0.2, 0) is 15.3 Å². The van der Waals surface area contributed by atoms with Crippen molar-refractivity contribution < 1.29 is 8.39 Å². The third-order valence-corrected chi connectivity index (χ3v) is 2.59. The lowest BCUT2D eigenvalue weighted by Crippen LogP contribution is -1.96. The summed E-state index contributed by atoms with van der Waals surface area (Å²) in [6.45, 7) is 2.24. The molecule has 0 aliphatic carbocycles. The second-order valence-corrected chi connectivity index (χ2v) is 3.71. The Morgan fingerprint density at radius 1 is 1.42 bits per heavy atom. The molecule has 0 N–H and O–H groups in total. The predicted molar refractivity (Wildman–Crippen MR) is 49.5 cm³/mol. The van der Waals surface area contributed by atoms with Gasteiger partial charge in [-0.2, -0.15) is 0 Å². The van der Waals surface area contributed by atoms with Crippen LogP contribution in [0, 0.1) is 0 Å². The summed E-state index contributed by atoms with van der Waals surface area (Å²) in [7, 11) is 0. The fourth-order valence-corrected chi connectivity index (χ4v) is 1.56. The van der Waals surface area contributed by atoms with E-state index in [4.69, 9.17) is 15.8 Å². The summed E-state index contributed by atoms with van der Waals surface area (Å²) in [6, 6.07) is 6.75. The molecule has 0 spiro atoms. The fraction of sp³-hybridized carbons (Fsp3) is 0.250. The molecular formula is C8H9ClO2S. The average molecular weight is 205 g/mol. The van der Waals surface area contributed by atoms with Crippen molar-refractivity contribution in [2.45, 2.75) is 11.8 Å². The van der Waals surface area contributed by atoms with Crippen LogP contribution < -0.4 is 0 Å². The van der Waals surface area contributed by atoms with Crippen LogP contribution in [0.2, 0.25) is 5.02 Å². The monoisotopic (exact) mass is 204 g/mol. The summed E-state index contributed by atoms with van der Waals surface area (Å²) in [4.78, 5) is 0.640. The van der Waals surface area contributed by atoms with E-state index in [2.05, 4.69) is 0 Å². The summed E-state index contributed by atoms with van der Waals surface area (Å²) < 4.78 is 16.1. The van der Waals surface area contributed by atoms with Crippen LogP contribution in [0.25, 0.3) is 0 Å². The SMILES string of the molecule is CCOS(=O)c1ccc(Cl)cc1. The Hall–Kier alpha value is -0.380. The van der Waals surface area contributed by atoms with E-state index in [-0.39, 0.29) is 0 Å². The quantitative estimate of drug-likeness (QED) is 0.756. The molecule has 0 amide bonds. The second kappa shape index (κ2) is 4.60. The lowest BCUT2D eigenvalue weighted by molar-refractivity contribution is 0.371. The zero-order valence-electron chi connectivity index (χ0n) is 6.62. The molecule has 0 radical (unpaired) electrons. The highest BCUT2D eigenvalue weighted by Gasteiger charge is 2.01. The third-order valence-electron chi connectivity index (χ3n) is 1.23. The average Bonchev–Trinajstić information content (AvgIpc) is 2.06. The van der Waals surface area contributed by atoms with Gasteiger partial charge in [-0.15, -0.1) is 0 Å². The molecule has 0 aliphatic rings. The van der Waals surface area contributed by atoms with E-state index >= 15 is 0 Å². The van der Waals surface area contributed by atoms with Gasteiger partial charge < -0.3 is 0 Å². The lowest BCUT2D eigenvalue weighted by atomic mass is 10.4. The van der Waals surface area contributed by atoms with Crippen molar-refractivity contribution in [2.75, 3.05) is 6.61 Å². The van der Waals surface area contributed by atoms with Crippen molar-refractivity contribution in [1.29, 1.82) is 0 Å². The molecular weight excluding hydrogens is 196 g/mol. The zero-order chi connectivity index (χ0) is 8.97. The molecule has 0 aliphatic heterocycles. The van der Waals surface area contributed by atoms with Gasteiger partial charge in [0.1, 0.15) is 0 Å². The van der Waals surface area contributed by atoms with E-state index in [0.29, 0.717) is 16.5 Å². The minimum Gasteiger partial charge on any atom is -0.287 e. The molecule has 66 valence electrons. The zero-order valence-corrected chi connectivity index (χ0v) is 8.19. The van der Waals surface area contributed by atoms with Gasteiger partial charge in [-0.25, -0.2) is 4.21 Å². The molecule has 1 aromatic rings. The van der Waals surface area contributed by atoms with Crippen molar-refractivity contribution in [3.63, 3.8) is 0 Å². The highest BCUT2D eigenvalue weighted by Crippen LogP contribution is 2.12. The molecule has 1 rings (SSSR count). The van der Waals surface area contributed by atoms with E-state index in [1.807, 2.05) is 0 Å². The van der Waals surface area contributed by atoms with Crippen molar-refractivity contribution in [2.24, 2.45) is 0 Å². The van der Waals surface area contributed by atoms with Gasteiger partial charge in [0.05, 0.1) is 11.5 Å². The Kier molecular flexibility index (Phi) is 3.72. The number of benzene rings is 1. The van der Waals surface area contributed by atoms with E-state index in [1.165, 1.54) is 0 Å². The first-order valence-electron chi connectivity index (χ1n) is 3.54. The molecule has 2 nitrogen and oxygen atoms in total. The van der Waals surface area contributed by atoms with Gasteiger partial charge in [0.15, 0.2) is 11.1 Å². The van der Waals surface area contributed by atoms with Gasteiger partial charge in [-0.05, 0) is 31.2 Å². The summed E-state index contributed by atoms with van der Waals surface area (Å²) in [5, 5.41) is 0.632. The fourth-order valence-electron chi connectivity index (χ4n) is 0.721. The maximum atomic E-state index is 11.2. The minimum atomic E-state index is -1.35. The molecule has 12 heavy (non-hydrogen) atoms. The number of halogens is 1. The van der Waals surface area contributed by atoms with Crippen molar-refractivity contribution in [3.8, 4) is 0 Å². The summed E-state index contributed by atoms with van der Waals surface area (Å²) >= 11 is 4.30.